The molecule has 1 heterocycles. The zero-order valence-electron chi connectivity index (χ0n) is 16.3. The summed E-state index contributed by atoms with van der Waals surface area (Å²) in [5, 5.41) is 10.8. The Bertz CT molecular complexity index is 1050. The minimum Gasteiger partial charge on any atom is -0.496 e. The summed E-state index contributed by atoms with van der Waals surface area (Å²) in [7, 11) is -0.485. The zero-order chi connectivity index (χ0) is 21.3. The Balaban J connectivity index is 2.02. The minimum atomic E-state index is -3.50. The lowest BCUT2D eigenvalue weighted by Crippen LogP contribution is -2.38. The number of benzene rings is 2. The van der Waals surface area contributed by atoms with Crippen LogP contribution in [0.4, 0.5) is 0 Å². The molecule has 0 fully saturated rings. The van der Waals surface area contributed by atoms with Crippen LogP contribution in [0.2, 0.25) is 5.02 Å². The molecular formula is C20H22ClNO6S. The first-order chi connectivity index (χ1) is 13.7. The quantitative estimate of drug-likeness (QED) is 0.770. The first kappa shape index (κ1) is 21.4. The second kappa shape index (κ2) is 8.22. The molecule has 1 aliphatic heterocycles. The lowest BCUT2D eigenvalue weighted by atomic mass is 9.94. The van der Waals surface area contributed by atoms with Gasteiger partial charge < -0.3 is 19.5 Å². The molecule has 1 atom stereocenters. The van der Waals surface area contributed by atoms with Gasteiger partial charge in [-0.25, -0.2) is 8.42 Å². The van der Waals surface area contributed by atoms with Gasteiger partial charge >= 0.3 is 0 Å². The number of aliphatic hydroxyl groups excluding tert-OH is 1. The third-order valence-corrected chi connectivity index (χ3v) is 7.05. The van der Waals surface area contributed by atoms with E-state index in [1.807, 2.05) is 0 Å². The highest BCUT2D eigenvalue weighted by molar-refractivity contribution is 7.91. The number of β-amino-alcohol motifs (C(OH)–C–C–N with tert-alkyl or cyclic N) is 1. The highest BCUT2D eigenvalue weighted by atomic mass is 35.5. The molecule has 9 heteroatoms. The van der Waals surface area contributed by atoms with Gasteiger partial charge in [0.2, 0.25) is 0 Å². The average Bonchev–Trinajstić information content (AvgIpc) is 2.72. The molecule has 2 aromatic rings. The molecule has 29 heavy (non-hydrogen) atoms. The van der Waals surface area contributed by atoms with Crippen LogP contribution in [0.3, 0.4) is 0 Å². The Kier molecular flexibility index (Phi) is 6.07. The van der Waals surface area contributed by atoms with Crippen molar-refractivity contribution < 1.29 is 27.8 Å². The number of fused-ring (bicyclic) bond motifs is 1. The Morgan fingerprint density at radius 1 is 1.21 bits per heavy atom. The van der Waals surface area contributed by atoms with Crippen LogP contribution in [-0.2, 0) is 16.4 Å². The minimum absolute atomic E-state index is 0.0104. The number of hydrogen-bond donors (Lipinski definition) is 1. The highest BCUT2D eigenvalue weighted by Crippen LogP contribution is 2.40. The van der Waals surface area contributed by atoms with Gasteiger partial charge in [0.05, 0.1) is 48.5 Å². The van der Waals surface area contributed by atoms with Crippen molar-refractivity contribution in [1.29, 1.82) is 0 Å². The van der Waals surface area contributed by atoms with E-state index in [-0.39, 0.29) is 34.3 Å². The lowest BCUT2D eigenvalue weighted by Gasteiger charge is -2.34. The van der Waals surface area contributed by atoms with Crippen molar-refractivity contribution in [2.24, 2.45) is 0 Å². The van der Waals surface area contributed by atoms with Gasteiger partial charge in [0.1, 0.15) is 17.6 Å². The average molecular weight is 440 g/mol. The Morgan fingerprint density at radius 3 is 2.48 bits per heavy atom. The standard InChI is InChI=1S/C20H22ClNO6S/c1-4-29(25,26)12-5-6-15(21)13(9-12)20(24)22-10-14-17(27-2)7-8-18(28-3)19(14)16(23)11-22/h5-9,16,23H,4,10-11H2,1-3H3/t16-/m0/s1. The van der Waals surface area contributed by atoms with Crippen LogP contribution in [0.25, 0.3) is 0 Å². The Morgan fingerprint density at radius 2 is 1.86 bits per heavy atom. The number of aliphatic hydroxyl groups is 1. The molecule has 0 aromatic heterocycles. The number of sulfone groups is 1. The van der Waals surface area contributed by atoms with Crippen LogP contribution in [0.1, 0.15) is 34.5 Å². The summed E-state index contributed by atoms with van der Waals surface area (Å²) in [6.07, 6.45) is -0.992. The third kappa shape index (κ3) is 3.92. The summed E-state index contributed by atoms with van der Waals surface area (Å²) in [5.74, 6) is 0.465. The molecule has 0 radical (unpaired) electrons. The number of carbonyl (C=O) groups excluding carboxylic acids is 1. The lowest BCUT2D eigenvalue weighted by molar-refractivity contribution is 0.0538. The van der Waals surface area contributed by atoms with Gasteiger partial charge in [-0.1, -0.05) is 18.5 Å². The van der Waals surface area contributed by atoms with E-state index in [1.165, 1.54) is 44.2 Å². The second-order valence-corrected chi connectivity index (χ2v) is 9.29. The number of carbonyl (C=O) groups is 1. The topological polar surface area (TPSA) is 93.1 Å². The predicted molar refractivity (Wildman–Crippen MR) is 108 cm³/mol. The van der Waals surface area contributed by atoms with Gasteiger partial charge in [-0.15, -0.1) is 0 Å². The molecule has 3 rings (SSSR count). The Labute approximate surface area is 174 Å². The summed E-state index contributed by atoms with van der Waals surface area (Å²) < 4.78 is 35.1. The van der Waals surface area contributed by atoms with Gasteiger partial charge in [0, 0.05) is 11.1 Å². The SMILES string of the molecule is CCS(=O)(=O)c1ccc(Cl)c(C(=O)N2Cc3c(OC)ccc(OC)c3[C@@H](O)C2)c1. The van der Waals surface area contributed by atoms with E-state index in [1.54, 1.807) is 12.1 Å². The van der Waals surface area contributed by atoms with Gasteiger partial charge in [0.15, 0.2) is 9.84 Å². The van der Waals surface area contributed by atoms with Crippen LogP contribution in [-0.4, -0.2) is 50.8 Å². The summed E-state index contributed by atoms with van der Waals surface area (Å²) in [5.41, 5.74) is 1.27. The number of rotatable bonds is 5. The number of amides is 1. The van der Waals surface area contributed by atoms with Crippen LogP contribution in [0, 0.1) is 0 Å². The van der Waals surface area contributed by atoms with Gasteiger partial charge in [-0.05, 0) is 30.3 Å². The van der Waals surface area contributed by atoms with Gasteiger partial charge in [-0.3, -0.25) is 4.79 Å². The van der Waals surface area contributed by atoms with E-state index in [0.717, 1.165) is 0 Å². The first-order valence-electron chi connectivity index (χ1n) is 8.96. The molecule has 0 unspecified atom stereocenters. The maximum Gasteiger partial charge on any atom is 0.255 e. The molecular weight excluding hydrogens is 418 g/mol. The van der Waals surface area contributed by atoms with Gasteiger partial charge in [-0.2, -0.15) is 0 Å². The number of halogens is 1. The summed E-state index contributed by atoms with van der Waals surface area (Å²) in [4.78, 5) is 14.6. The number of hydrogen-bond acceptors (Lipinski definition) is 6. The van der Waals surface area contributed by atoms with E-state index >= 15 is 0 Å². The third-order valence-electron chi connectivity index (χ3n) is 4.98. The molecule has 0 spiro atoms. The molecule has 7 nitrogen and oxygen atoms in total. The molecule has 1 amide bonds. The predicted octanol–water partition coefficient (Wildman–Crippen LogP) is 2.84. The van der Waals surface area contributed by atoms with E-state index in [0.29, 0.717) is 22.6 Å². The molecule has 0 bridgehead atoms. The maximum atomic E-state index is 13.2. The van der Waals surface area contributed by atoms with Crippen molar-refractivity contribution >= 4 is 27.3 Å². The van der Waals surface area contributed by atoms with Crippen LogP contribution in [0.15, 0.2) is 35.2 Å². The molecule has 0 saturated carbocycles. The van der Waals surface area contributed by atoms with Crippen molar-refractivity contribution in [3.63, 3.8) is 0 Å². The van der Waals surface area contributed by atoms with E-state index in [9.17, 15) is 18.3 Å². The fourth-order valence-corrected chi connectivity index (χ4v) is 4.53. The van der Waals surface area contributed by atoms with Crippen molar-refractivity contribution in [2.45, 2.75) is 24.5 Å². The van der Waals surface area contributed by atoms with Crippen molar-refractivity contribution in [2.75, 3.05) is 26.5 Å². The molecule has 0 aliphatic carbocycles. The molecule has 156 valence electrons. The summed E-state index contributed by atoms with van der Waals surface area (Å²) in [6.45, 7) is 1.70. The van der Waals surface area contributed by atoms with E-state index < -0.39 is 21.8 Å². The normalized spacial score (nSPS) is 16.3. The second-order valence-electron chi connectivity index (χ2n) is 6.61. The number of nitrogens with zero attached hydrogens (tertiary/aromatic N) is 1. The van der Waals surface area contributed by atoms with Crippen LogP contribution < -0.4 is 9.47 Å². The molecule has 2 aromatic carbocycles. The number of ether oxygens (including phenoxy) is 2. The molecule has 1 aliphatic rings. The smallest absolute Gasteiger partial charge is 0.255 e. The van der Waals surface area contributed by atoms with Crippen LogP contribution >= 0.6 is 11.6 Å². The van der Waals surface area contributed by atoms with Gasteiger partial charge in [0.25, 0.3) is 5.91 Å². The number of methoxy groups -OCH3 is 2. The first-order valence-corrected chi connectivity index (χ1v) is 11.0. The van der Waals surface area contributed by atoms with Crippen molar-refractivity contribution in [3.8, 4) is 11.5 Å². The monoisotopic (exact) mass is 439 g/mol. The summed E-state index contributed by atoms with van der Waals surface area (Å²) >= 11 is 6.20. The highest BCUT2D eigenvalue weighted by Gasteiger charge is 2.33. The molecule has 0 saturated heterocycles. The zero-order valence-corrected chi connectivity index (χ0v) is 17.9. The van der Waals surface area contributed by atoms with E-state index in [4.69, 9.17) is 21.1 Å². The fourth-order valence-electron chi connectivity index (χ4n) is 3.43. The largest absolute Gasteiger partial charge is 0.496 e. The molecule has 1 N–H and O–H groups in total. The van der Waals surface area contributed by atoms with Crippen molar-refractivity contribution in [3.05, 3.63) is 52.0 Å². The Hall–Kier alpha value is -2.29. The summed E-state index contributed by atoms with van der Waals surface area (Å²) in [6, 6.07) is 7.48. The van der Waals surface area contributed by atoms with Crippen LogP contribution in [0.5, 0.6) is 11.5 Å². The fraction of sp³-hybridized carbons (Fsp3) is 0.350. The maximum absolute atomic E-state index is 13.2. The van der Waals surface area contributed by atoms with E-state index in [2.05, 4.69) is 0 Å². The van der Waals surface area contributed by atoms with Crippen molar-refractivity contribution in [1.82, 2.24) is 4.90 Å².